The maximum atomic E-state index is 13.3. The molecule has 0 radical (unpaired) electrons. The first-order valence-corrected chi connectivity index (χ1v) is 12.6. The zero-order valence-corrected chi connectivity index (χ0v) is 20.3. The minimum Gasteiger partial charge on any atom is -0.453 e. The third-order valence-electron chi connectivity index (χ3n) is 6.91. The number of piperidine rings is 1. The standard InChI is InChI=1S/C23H28ClN5O3S/c1-32-22(31)28-10-7-23(14-28)15-29(19-6-5-16(24)11-18(19)23)21(30)26-20-25-17(13-33-20)12-27-8-3-2-4-9-27/h5-6,11,13H,2-4,7-10,12,14-15H2,1H3,(H,25,26,30). The van der Waals surface area contributed by atoms with E-state index in [1.807, 2.05) is 17.5 Å². The average Bonchev–Trinajstić information content (AvgIpc) is 3.53. The van der Waals surface area contributed by atoms with Crippen LogP contribution in [-0.2, 0) is 16.7 Å². The summed E-state index contributed by atoms with van der Waals surface area (Å²) in [5.74, 6) is 0. The van der Waals surface area contributed by atoms with Gasteiger partial charge >= 0.3 is 12.1 Å². The van der Waals surface area contributed by atoms with Crippen LogP contribution in [-0.4, -0.2) is 66.7 Å². The lowest BCUT2D eigenvalue weighted by atomic mass is 9.81. The lowest BCUT2D eigenvalue weighted by Crippen LogP contribution is -2.41. The minimum absolute atomic E-state index is 0.217. The van der Waals surface area contributed by atoms with Gasteiger partial charge in [-0.15, -0.1) is 11.3 Å². The van der Waals surface area contributed by atoms with Gasteiger partial charge in [0.2, 0.25) is 0 Å². The van der Waals surface area contributed by atoms with E-state index in [-0.39, 0.29) is 17.5 Å². The highest BCUT2D eigenvalue weighted by atomic mass is 35.5. The number of carbonyl (C=O) groups is 2. The number of amides is 3. The number of carbonyl (C=O) groups excluding carboxylic acids is 2. The summed E-state index contributed by atoms with van der Waals surface area (Å²) in [5.41, 5.74) is 2.47. The van der Waals surface area contributed by atoms with Crippen molar-refractivity contribution >= 4 is 45.9 Å². The van der Waals surface area contributed by atoms with Crippen molar-refractivity contribution in [2.45, 2.75) is 37.6 Å². The molecule has 0 aliphatic carbocycles. The van der Waals surface area contributed by atoms with E-state index in [1.54, 1.807) is 15.9 Å². The number of likely N-dealkylation sites (tertiary alicyclic amines) is 2. The number of thiazole rings is 1. The molecule has 3 amide bonds. The molecular weight excluding hydrogens is 462 g/mol. The molecule has 0 bridgehead atoms. The molecule has 2 aromatic rings. The van der Waals surface area contributed by atoms with Gasteiger partial charge in [0.25, 0.3) is 0 Å². The fourth-order valence-corrected chi connectivity index (χ4v) is 6.13. The number of aromatic nitrogens is 1. The summed E-state index contributed by atoms with van der Waals surface area (Å²) in [5, 5.41) is 6.23. The summed E-state index contributed by atoms with van der Waals surface area (Å²) in [7, 11) is 1.39. The molecule has 5 rings (SSSR count). The van der Waals surface area contributed by atoms with Crippen molar-refractivity contribution in [2.24, 2.45) is 0 Å². The molecule has 1 aromatic heterocycles. The van der Waals surface area contributed by atoms with Gasteiger partial charge in [0, 0.05) is 47.7 Å². The Kier molecular flexibility index (Phi) is 6.20. The molecular formula is C23H28ClN5O3S. The third-order valence-corrected chi connectivity index (χ3v) is 7.95. The highest BCUT2D eigenvalue weighted by Gasteiger charge is 2.50. The van der Waals surface area contributed by atoms with Crippen molar-refractivity contribution in [3.8, 4) is 0 Å². The van der Waals surface area contributed by atoms with Gasteiger partial charge in [-0.25, -0.2) is 14.6 Å². The molecule has 3 aliphatic heterocycles. The van der Waals surface area contributed by atoms with Crippen molar-refractivity contribution < 1.29 is 14.3 Å². The van der Waals surface area contributed by atoms with Gasteiger partial charge in [-0.3, -0.25) is 15.1 Å². The Balaban J connectivity index is 1.31. The molecule has 4 heterocycles. The van der Waals surface area contributed by atoms with Gasteiger partial charge in [0.15, 0.2) is 5.13 Å². The van der Waals surface area contributed by atoms with Gasteiger partial charge in [0.05, 0.1) is 12.8 Å². The van der Waals surface area contributed by atoms with Crippen LogP contribution in [0.3, 0.4) is 0 Å². The van der Waals surface area contributed by atoms with Gasteiger partial charge in [-0.05, 0) is 56.1 Å². The Labute approximate surface area is 202 Å². The fourth-order valence-electron chi connectivity index (χ4n) is 5.27. The van der Waals surface area contributed by atoms with Crippen molar-refractivity contribution in [3.63, 3.8) is 0 Å². The monoisotopic (exact) mass is 489 g/mol. The van der Waals surface area contributed by atoms with E-state index in [0.717, 1.165) is 43.0 Å². The highest BCUT2D eigenvalue weighted by molar-refractivity contribution is 7.13. The van der Waals surface area contributed by atoms with E-state index in [2.05, 4.69) is 15.2 Å². The second-order valence-corrected chi connectivity index (χ2v) is 10.4. The number of hydrogen-bond donors (Lipinski definition) is 1. The van der Waals surface area contributed by atoms with Crippen molar-refractivity contribution in [1.82, 2.24) is 14.8 Å². The molecule has 1 unspecified atom stereocenters. The van der Waals surface area contributed by atoms with Crippen molar-refractivity contribution in [1.29, 1.82) is 0 Å². The zero-order valence-electron chi connectivity index (χ0n) is 18.7. The zero-order chi connectivity index (χ0) is 23.0. The first kappa shape index (κ1) is 22.4. The number of fused-ring (bicyclic) bond motifs is 2. The van der Waals surface area contributed by atoms with E-state index < -0.39 is 0 Å². The van der Waals surface area contributed by atoms with E-state index in [0.29, 0.717) is 29.8 Å². The van der Waals surface area contributed by atoms with Crippen LogP contribution < -0.4 is 10.2 Å². The first-order valence-electron chi connectivity index (χ1n) is 11.4. The van der Waals surface area contributed by atoms with Crippen molar-refractivity contribution in [2.75, 3.05) is 50.1 Å². The summed E-state index contributed by atoms with van der Waals surface area (Å²) < 4.78 is 4.92. The van der Waals surface area contributed by atoms with Gasteiger partial charge in [-0.2, -0.15) is 0 Å². The first-order chi connectivity index (χ1) is 16.0. The molecule has 10 heteroatoms. The molecule has 2 saturated heterocycles. The number of rotatable bonds is 3. The van der Waals surface area contributed by atoms with Crippen LogP contribution in [0.1, 0.15) is 36.9 Å². The van der Waals surface area contributed by atoms with Crippen LogP contribution in [0.5, 0.6) is 0 Å². The number of methoxy groups -OCH3 is 1. The average molecular weight is 490 g/mol. The maximum Gasteiger partial charge on any atom is 0.409 e. The number of halogens is 1. The summed E-state index contributed by atoms with van der Waals surface area (Å²) in [4.78, 5) is 35.9. The Morgan fingerprint density at radius 1 is 1.21 bits per heavy atom. The minimum atomic E-state index is -0.353. The van der Waals surface area contributed by atoms with Crippen LogP contribution >= 0.6 is 22.9 Å². The summed E-state index contributed by atoms with van der Waals surface area (Å²) in [6.45, 7) is 4.60. The molecule has 176 valence electrons. The van der Waals surface area contributed by atoms with E-state index >= 15 is 0 Å². The lowest BCUT2D eigenvalue weighted by molar-refractivity contribution is 0.131. The predicted octanol–water partition coefficient (Wildman–Crippen LogP) is 4.54. The Bertz CT molecular complexity index is 1060. The van der Waals surface area contributed by atoms with Crippen molar-refractivity contribution in [3.05, 3.63) is 39.9 Å². The summed E-state index contributed by atoms with van der Waals surface area (Å²) in [6.07, 6.45) is 4.18. The van der Waals surface area contributed by atoms with Gasteiger partial charge in [0.1, 0.15) is 0 Å². The Hall–Kier alpha value is -2.36. The van der Waals surface area contributed by atoms with Crippen LogP contribution in [0.15, 0.2) is 23.6 Å². The third kappa shape index (κ3) is 4.41. The smallest absolute Gasteiger partial charge is 0.409 e. The highest BCUT2D eigenvalue weighted by Crippen LogP contribution is 2.47. The van der Waals surface area contributed by atoms with Crippen LogP contribution in [0.2, 0.25) is 5.02 Å². The lowest BCUT2D eigenvalue weighted by Gasteiger charge is -2.25. The molecule has 1 N–H and O–H groups in total. The second kappa shape index (κ2) is 9.12. The number of hydrogen-bond acceptors (Lipinski definition) is 6. The van der Waals surface area contributed by atoms with Gasteiger partial charge in [-0.1, -0.05) is 18.0 Å². The quantitative estimate of drug-likeness (QED) is 0.684. The molecule has 2 fully saturated rings. The maximum absolute atomic E-state index is 13.3. The molecule has 0 saturated carbocycles. The second-order valence-electron chi connectivity index (χ2n) is 9.08. The van der Waals surface area contributed by atoms with Crippen LogP contribution in [0.25, 0.3) is 0 Å². The summed E-state index contributed by atoms with van der Waals surface area (Å²) >= 11 is 7.77. The number of nitrogens with one attached hydrogen (secondary N) is 1. The van der Waals surface area contributed by atoms with Gasteiger partial charge < -0.3 is 9.64 Å². The number of ether oxygens (including phenoxy) is 1. The molecule has 8 nitrogen and oxygen atoms in total. The van der Waals surface area contributed by atoms with Crippen LogP contribution in [0.4, 0.5) is 20.4 Å². The number of anilines is 2. The topological polar surface area (TPSA) is 78.0 Å². The largest absolute Gasteiger partial charge is 0.453 e. The summed E-state index contributed by atoms with van der Waals surface area (Å²) in [6, 6.07) is 5.39. The molecule has 1 spiro atoms. The van der Waals surface area contributed by atoms with E-state index in [1.165, 1.54) is 37.7 Å². The number of nitrogens with zero attached hydrogens (tertiary/aromatic N) is 4. The Morgan fingerprint density at radius 3 is 2.82 bits per heavy atom. The molecule has 3 aliphatic rings. The fraction of sp³-hybridized carbons (Fsp3) is 0.522. The molecule has 33 heavy (non-hydrogen) atoms. The Morgan fingerprint density at radius 2 is 2.03 bits per heavy atom. The number of benzene rings is 1. The molecule has 1 atom stereocenters. The van der Waals surface area contributed by atoms with Crippen LogP contribution in [0, 0.1) is 0 Å². The van der Waals surface area contributed by atoms with E-state index in [4.69, 9.17) is 16.3 Å². The predicted molar refractivity (Wildman–Crippen MR) is 129 cm³/mol. The SMILES string of the molecule is COC(=O)N1CCC2(C1)CN(C(=O)Nc1nc(CN3CCCCC3)cs1)c1ccc(Cl)cc12. The molecule has 1 aromatic carbocycles. The normalized spacial score (nSPS) is 22.6. The number of urea groups is 1. The van der Waals surface area contributed by atoms with E-state index in [9.17, 15) is 9.59 Å².